The highest BCUT2D eigenvalue weighted by atomic mass is 16.6. The van der Waals surface area contributed by atoms with Crippen molar-refractivity contribution in [2.75, 3.05) is 44.4 Å². The minimum absolute atomic E-state index is 0.0581. The van der Waals surface area contributed by atoms with Crippen LogP contribution in [0.1, 0.15) is 22.8 Å². The third kappa shape index (κ3) is 4.44. The van der Waals surface area contributed by atoms with Gasteiger partial charge in [-0.2, -0.15) is 0 Å². The number of hydrogen-bond acceptors (Lipinski definition) is 7. The molecule has 1 aromatic rings. The molecular weight excluding hydrogens is 396 g/mol. The van der Waals surface area contributed by atoms with Crippen molar-refractivity contribution in [1.82, 2.24) is 4.90 Å². The number of anilines is 1. The van der Waals surface area contributed by atoms with Crippen LogP contribution >= 0.6 is 0 Å². The second-order valence-corrected chi connectivity index (χ2v) is 7.00. The van der Waals surface area contributed by atoms with E-state index >= 15 is 0 Å². The lowest BCUT2D eigenvalue weighted by Gasteiger charge is -2.35. The predicted octanol–water partition coefficient (Wildman–Crippen LogP) is 0.216. The molecule has 0 spiro atoms. The molecule has 3 rings (SSSR count). The van der Waals surface area contributed by atoms with Gasteiger partial charge in [-0.1, -0.05) is 6.07 Å². The summed E-state index contributed by atoms with van der Waals surface area (Å²) < 4.78 is 15.4. The van der Waals surface area contributed by atoms with E-state index in [4.69, 9.17) is 14.2 Å². The molecule has 0 unspecified atom stereocenters. The zero-order valence-electron chi connectivity index (χ0n) is 16.8. The van der Waals surface area contributed by atoms with Crippen molar-refractivity contribution >= 4 is 29.4 Å². The van der Waals surface area contributed by atoms with Gasteiger partial charge in [-0.15, -0.1) is 0 Å². The molecule has 1 N–H and O–H groups in total. The summed E-state index contributed by atoms with van der Waals surface area (Å²) in [5.74, 6) is -3.10. The molecular formula is C20H24N2O8. The van der Waals surface area contributed by atoms with Gasteiger partial charge in [-0.05, 0) is 24.6 Å². The van der Waals surface area contributed by atoms with E-state index < -0.39 is 30.1 Å². The number of carboxylic acids is 1. The SMILES string of the molecule is CC(=O)O[C@@H](C(=O)O)[C@H]1OCCN(c2cccc(C(=O)N3CCOCC3)c2C)C1=O. The van der Waals surface area contributed by atoms with Crippen LogP contribution in [0.3, 0.4) is 0 Å². The molecule has 0 saturated carbocycles. The van der Waals surface area contributed by atoms with Crippen molar-refractivity contribution in [3.05, 3.63) is 29.3 Å². The molecule has 10 heteroatoms. The summed E-state index contributed by atoms with van der Waals surface area (Å²) in [6.45, 7) is 4.96. The standard InChI is InChI=1S/C20H24N2O8/c1-12-14(18(24)21-6-9-28-10-7-21)4-3-5-15(12)22-8-11-29-16(19(22)25)17(20(26)27)30-13(2)23/h3-5,16-17H,6-11H2,1-2H3,(H,26,27)/t16-,17-/m1/s1. The lowest BCUT2D eigenvalue weighted by atomic mass is 10.0. The van der Waals surface area contributed by atoms with Crippen LogP contribution < -0.4 is 4.90 Å². The first-order chi connectivity index (χ1) is 14.3. The number of carbonyl (C=O) groups excluding carboxylic acids is 3. The smallest absolute Gasteiger partial charge is 0.348 e. The maximum atomic E-state index is 13.0. The van der Waals surface area contributed by atoms with E-state index in [9.17, 15) is 24.3 Å². The Balaban J connectivity index is 1.87. The van der Waals surface area contributed by atoms with E-state index in [2.05, 4.69) is 0 Å². The minimum Gasteiger partial charge on any atom is -0.478 e. The highest BCUT2D eigenvalue weighted by Crippen LogP contribution is 2.28. The molecule has 0 radical (unpaired) electrons. The molecule has 162 valence electrons. The minimum atomic E-state index is -1.75. The first-order valence-electron chi connectivity index (χ1n) is 9.61. The number of carbonyl (C=O) groups is 4. The monoisotopic (exact) mass is 420 g/mol. The van der Waals surface area contributed by atoms with Gasteiger partial charge in [-0.3, -0.25) is 14.4 Å². The first-order valence-corrected chi connectivity index (χ1v) is 9.61. The summed E-state index contributed by atoms with van der Waals surface area (Å²) in [5.41, 5.74) is 1.54. The number of rotatable bonds is 5. The van der Waals surface area contributed by atoms with E-state index in [1.165, 1.54) is 4.90 Å². The number of nitrogens with zero attached hydrogens (tertiary/aromatic N) is 2. The molecule has 2 atom stereocenters. The molecule has 2 saturated heterocycles. The largest absolute Gasteiger partial charge is 0.478 e. The second-order valence-electron chi connectivity index (χ2n) is 7.00. The molecule has 10 nitrogen and oxygen atoms in total. The summed E-state index contributed by atoms with van der Waals surface area (Å²) in [6.07, 6.45) is -3.23. The molecule has 1 aromatic carbocycles. The number of morpholine rings is 2. The number of aliphatic carboxylic acids is 1. The van der Waals surface area contributed by atoms with Gasteiger partial charge in [0.1, 0.15) is 0 Å². The Morgan fingerprint density at radius 2 is 1.87 bits per heavy atom. The van der Waals surface area contributed by atoms with Gasteiger partial charge < -0.3 is 29.1 Å². The first kappa shape index (κ1) is 21.7. The van der Waals surface area contributed by atoms with E-state index in [0.717, 1.165) is 6.92 Å². The summed E-state index contributed by atoms with van der Waals surface area (Å²) in [7, 11) is 0. The van der Waals surface area contributed by atoms with Crippen LogP contribution in [-0.2, 0) is 28.6 Å². The zero-order valence-corrected chi connectivity index (χ0v) is 16.8. The summed E-state index contributed by atoms with van der Waals surface area (Å²) in [5, 5.41) is 9.38. The fraction of sp³-hybridized carbons (Fsp3) is 0.500. The molecule has 30 heavy (non-hydrogen) atoms. The Labute approximate surface area is 173 Å². The van der Waals surface area contributed by atoms with Crippen LogP contribution in [0, 0.1) is 6.92 Å². The topological polar surface area (TPSA) is 123 Å². The number of amides is 2. The fourth-order valence-electron chi connectivity index (χ4n) is 3.57. The lowest BCUT2D eigenvalue weighted by Crippen LogP contribution is -2.55. The molecule has 2 fully saturated rings. The van der Waals surface area contributed by atoms with Crippen molar-refractivity contribution in [2.45, 2.75) is 26.1 Å². The van der Waals surface area contributed by atoms with Gasteiger partial charge >= 0.3 is 11.9 Å². The van der Waals surface area contributed by atoms with Crippen LogP contribution in [0.5, 0.6) is 0 Å². The summed E-state index contributed by atoms with van der Waals surface area (Å²) in [6, 6.07) is 5.06. The Morgan fingerprint density at radius 3 is 2.50 bits per heavy atom. The molecule has 2 aliphatic heterocycles. The van der Waals surface area contributed by atoms with Crippen molar-refractivity contribution in [2.24, 2.45) is 0 Å². The Hall–Kier alpha value is -2.98. The number of esters is 1. The van der Waals surface area contributed by atoms with Crippen LogP contribution in [0.4, 0.5) is 5.69 Å². The highest BCUT2D eigenvalue weighted by molar-refractivity contribution is 6.03. The molecule has 0 aromatic heterocycles. The molecule has 2 heterocycles. The number of benzene rings is 1. The lowest BCUT2D eigenvalue weighted by molar-refractivity contribution is -0.177. The summed E-state index contributed by atoms with van der Waals surface area (Å²) in [4.78, 5) is 51.8. The third-order valence-electron chi connectivity index (χ3n) is 5.06. The van der Waals surface area contributed by atoms with Crippen LogP contribution in [0.15, 0.2) is 18.2 Å². The Kier molecular flexibility index (Phi) is 6.68. The number of carboxylic acid groups (broad SMARTS) is 1. The van der Waals surface area contributed by atoms with Crippen molar-refractivity contribution < 1.29 is 38.5 Å². The van der Waals surface area contributed by atoms with E-state index in [-0.39, 0.29) is 19.1 Å². The molecule has 2 aliphatic rings. The number of hydrogen-bond donors (Lipinski definition) is 1. The van der Waals surface area contributed by atoms with E-state index in [1.807, 2.05) is 0 Å². The van der Waals surface area contributed by atoms with Crippen LogP contribution in [0.25, 0.3) is 0 Å². The van der Waals surface area contributed by atoms with Crippen LogP contribution in [0.2, 0.25) is 0 Å². The van der Waals surface area contributed by atoms with Gasteiger partial charge in [0, 0.05) is 37.8 Å². The average Bonchev–Trinajstić information content (AvgIpc) is 2.73. The molecule has 0 bridgehead atoms. The van der Waals surface area contributed by atoms with E-state index in [0.29, 0.717) is 43.1 Å². The van der Waals surface area contributed by atoms with Gasteiger partial charge in [0.25, 0.3) is 11.8 Å². The maximum absolute atomic E-state index is 13.0. The van der Waals surface area contributed by atoms with E-state index in [1.54, 1.807) is 30.0 Å². The van der Waals surface area contributed by atoms with Crippen molar-refractivity contribution in [3.63, 3.8) is 0 Å². The van der Waals surface area contributed by atoms with Gasteiger partial charge in [0.15, 0.2) is 6.10 Å². The third-order valence-corrected chi connectivity index (χ3v) is 5.06. The average molecular weight is 420 g/mol. The number of ether oxygens (including phenoxy) is 3. The van der Waals surface area contributed by atoms with Crippen LogP contribution in [-0.4, -0.2) is 85.4 Å². The molecule has 2 amide bonds. The quantitative estimate of drug-likeness (QED) is 0.671. The second kappa shape index (κ2) is 9.23. The van der Waals surface area contributed by atoms with Gasteiger partial charge in [0.2, 0.25) is 6.10 Å². The van der Waals surface area contributed by atoms with Crippen molar-refractivity contribution in [1.29, 1.82) is 0 Å². The highest BCUT2D eigenvalue weighted by Gasteiger charge is 2.43. The van der Waals surface area contributed by atoms with Crippen molar-refractivity contribution in [3.8, 4) is 0 Å². The Bertz CT molecular complexity index is 849. The normalized spacial score (nSPS) is 20.6. The molecule has 0 aliphatic carbocycles. The maximum Gasteiger partial charge on any atom is 0.348 e. The van der Waals surface area contributed by atoms with Gasteiger partial charge in [-0.25, -0.2) is 4.79 Å². The zero-order chi connectivity index (χ0) is 21.8. The fourth-order valence-corrected chi connectivity index (χ4v) is 3.57. The predicted molar refractivity (Wildman–Crippen MR) is 103 cm³/mol. The Morgan fingerprint density at radius 1 is 1.17 bits per heavy atom. The summed E-state index contributed by atoms with van der Waals surface area (Å²) >= 11 is 0. The van der Waals surface area contributed by atoms with Gasteiger partial charge in [0.05, 0.1) is 19.8 Å².